The minimum atomic E-state index is -0.955. The lowest BCUT2D eigenvalue weighted by Gasteiger charge is -2.50. The largest absolute Gasteiger partial charge is 0.444 e. The van der Waals surface area contributed by atoms with Crippen LogP contribution in [0, 0.1) is 5.82 Å². The molecule has 1 saturated heterocycles. The molecule has 2 rings (SSSR count). The van der Waals surface area contributed by atoms with E-state index in [4.69, 9.17) is 9.47 Å². The zero-order chi connectivity index (χ0) is 20.6. The molecule has 2 amide bonds. The van der Waals surface area contributed by atoms with Gasteiger partial charge in [-0.15, -0.1) is 0 Å². The van der Waals surface area contributed by atoms with Crippen molar-refractivity contribution in [3.05, 3.63) is 34.1 Å². The summed E-state index contributed by atoms with van der Waals surface area (Å²) in [6.07, 6.45) is -1.12. The highest BCUT2D eigenvalue weighted by Crippen LogP contribution is 2.35. The van der Waals surface area contributed by atoms with Crippen molar-refractivity contribution in [2.75, 3.05) is 13.1 Å². The third-order valence-corrected chi connectivity index (χ3v) is 4.19. The Morgan fingerprint density at radius 2 is 1.63 bits per heavy atom. The van der Waals surface area contributed by atoms with Crippen LogP contribution in [0.3, 0.4) is 0 Å². The number of ether oxygens (including phenoxy) is 2. The molecule has 0 unspecified atom stereocenters. The molecular weight excluding hydrogens is 419 g/mol. The molecule has 1 heterocycles. The lowest BCUT2D eigenvalue weighted by atomic mass is 9.82. The fourth-order valence-electron chi connectivity index (χ4n) is 2.72. The summed E-state index contributed by atoms with van der Waals surface area (Å²) in [5, 5.41) is 2.81. The van der Waals surface area contributed by atoms with Gasteiger partial charge >= 0.3 is 12.2 Å². The van der Waals surface area contributed by atoms with Gasteiger partial charge in [0, 0.05) is 4.47 Å². The third-order valence-electron chi connectivity index (χ3n) is 3.73. The van der Waals surface area contributed by atoms with Crippen LogP contribution in [0.15, 0.2) is 22.7 Å². The fourth-order valence-corrected chi connectivity index (χ4v) is 3.19. The molecule has 1 aliphatic rings. The second kappa shape index (κ2) is 7.30. The van der Waals surface area contributed by atoms with Crippen LogP contribution >= 0.6 is 15.9 Å². The normalized spacial score (nSPS) is 16.4. The van der Waals surface area contributed by atoms with Crippen LogP contribution in [0.5, 0.6) is 0 Å². The Balaban J connectivity index is 2.24. The Kier molecular flexibility index (Phi) is 5.80. The highest BCUT2D eigenvalue weighted by Gasteiger charge is 2.50. The minimum absolute atomic E-state index is 0.150. The topological polar surface area (TPSA) is 67.9 Å². The average molecular weight is 445 g/mol. The number of carbonyl (C=O) groups excluding carboxylic acids is 2. The summed E-state index contributed by atoms with van der Waals surface area (Å²) in [4.78, 5) is 26.1. The number of likely N-dealkylation sites (tertiary alicyclic amines) is 1. The average Bonchev–Trinajstić information content (AvgIpc) is 2.36. The van der Waals surface area contributed by atoms with Crippen molar-refractivity contribution in [3.8, 4) is 0 Å². The predicted octanol–water partition coefficient (Wildman–Crippen LogP) is 4.56. The maximum Gasteiger partial charge on any atom is 0.410 e. The van der Waals surface area contributed by atoms with Crippen molar-refractivity contribution in [1.29, 1.82) is 0 Å². The molecule has 0 bridgehead atoms. The van der Waals surface area contributed by atoms with Crippen LogP contribution < -0.4 is 5.32 Å². The van der Waals surface area contributed by atoms with Gasteiger partial charge in [0.05, 0.1) is 13.1 Å². The monoisotopic (exact) mass is 444 g/mol. The van der Waals surface area contributed by atoms with E-state index in [-0.39, 0.29) is 13.1 Å². The van der Waals surface area contributed by atoms with Crippen LogP contribution in [0.25, 0.3) is 0 Å². The van der Waals surface area contributed by atoms with E-state index in [1.54, 1.807) is 47.6 Å². The number of nitrogens with zero attached hydrogens (tertiary/aromatic N) is 1. The van der Waals surface area contributed by atoms with Gasteiger partial charge in [0.25, 0.3) is 0 Å². The molecule has 8 heteroatoms. The summed E-state index contributed by atoms with van der Waals surface area (Å²) < 4.78 is 25.2. The molecule has 0 spiro atoms. The number of hydrogen-bond acceptors (Lipinski definition) is 4. The number of amides is 2. The molecule has 0 saturated carbocycles. The van der Waals surface area contributed by atoms with Crippen LogP contribution in [0.4, 0.5) is 14.0 Å². The van der Waals surface area contributed by atoms with Crippen molar-refractivity contribution in [2.45, 2.75) is 58.3 Å². The molecule has 1 N–H and O–H groups in total. The Morgan fingerprint density at radius 1 is 1.07 bits per heavy atom. The lowest BCUT2D eigenvalue weighted by Crippen LogP contribution is -2.69. The van der Waals surface area contributed by atoms with E-state index in [1.165, 1.54) is 17.0 Å². The summed E-state index contributed by atoms with van der Waals surface area (Å²) in [5.74, 6) is -0.444. The Bertz CT molecular complexity index is 714. The van der Waals surface area contributed by atoms with E-state index in [0.717, 1.165) is 0 Å². The maximum absolute atomic E-state index is 13.9. The molecule has 27 heavy (non-hydrogen) atoms. The Hall–Kier alpha value is -1.83. The highest BCUT2D eigenvalue weighted by atomic mass is 79.9. The van der Waals surface area contributed by atoms with Crippen LogP contribution in [-0.4, -0.2) is 41.4 Å². The van der Waals surface area contributed by atoms with E-state index in [9.17, 15) is 14.0 Å². The second-order valence-electron chi connectivity index (χ2n) is 8.70. The number of rotatable bonds is 2. The van der Waals surface area contributed by atoms with Crippen LogP contribution in [0.1, 0.15) is 47.1 Å². The summed E-state index contributed by atoms with van der Waals surface area (Å²) in [5.41, 5.74) is -1.72. The molecule has 0 atom stereocenters. The Morgan fingerprint density at radius 3 is 2.11 bits per heavy atom. The zero-order valence-electron chi connectivity index (χ0n) is 16.5. The molecule has 0 aromatic heterocycles. The van der Waals surface area contributed by atoms with E-state index < -0.39 is 34.7 Å². The lowest BCUT2D eigenvalue weighted by molar-refractivity contribution is -0.0230. The molecule has 6 nitrogen and oxygen atoms in total. The fraction of sp³-hybridized carbons (Fsp3) is 0.579. The van der Waals surface area contributed by atoms with Crippen molar-refractivity contribution in [1.82, 2.24) is 10.2 Å². The molecule has 0 radical (unpaired) electrons. The first-order valence-corrected chi connectivity index (χ1v) is 9.44. The zero-order valence-corrected chi connectivity index (χ0v) is 18.1. The first kappa shape index (κ1) is 21.5. The predicted molar refractivity (Wildman–Crippen MR) is 103 cm³/mol. The summed E-state index contributed by atoms with van der Waals surface area (Å²) in [6, 6.07) is 4.39. The summed E-state index contributed by atoms with van der Waals surface area (Å²) >= 11 is 3.27. The number of hydrogen-bond donors (Lipinski definition) is 1. The number of halogens is 2. The van der Waals surface area contributed by atoms with E-state index in [1.807, 2.05) is 0 Å². The number of carbonyl (C=O) groups is 2. The van der Waals surface area contributed by atoms with Gasteiger partial charge in [-0.2, -0.15) is 0 Å². The molecule has 1 aliphatic heterocycles. The SMILES string of the molecule is CC(C)(C)OC(=O)NC1(c2cc(F)cc(Br)c2)CN(C(=O)OC(C)(C)C)C1. The van der Waals surface area contributed by atoms with Crippen molar-refractivity contribution < 1.29 is 23.5 Å². The standard InChI is InChI=1S/C19H26BrFN2O4/c1-17(2,3)26-15(24)22-19(12-7-13(20)9-14(21)8-12)10-23(11-19)16(25)27-18(4,5)6/h7-9H,10-11H2,1-6H3,(H,22,24). The van der Waals surface area contributed by atoms with Crippen molar-refractivity contribution in [3.63, 3.8) is 0 Å². The van der Waals surface area contributed by atoms with Crippen molar-refractivity contribution >= 4 is 28.1 Å². The highest BCUT2D eigenvalue weighted by molar-refractivity contribution is 9.10. The molecule has 1 aromatic carbocycles. The van der Waals surface area contributed by atoms with Gasteiger partial charge < -0.3 is 19.7 Å². The molecule has 1 aromatic rings. The van der Waals surface area contributed by atoms with Gasteiger partial charge in [0.2, 0.25) is 0 Å². The van der Waals surface area contributed by atoms with Gasteiger partial charge in [-0.05, 0) is 65.3 Å². The minimum Gasteiger partial charge on any atom is -0.444 e. The van der Waals surface area contributed by atoms with Gasteiger partial charge in [-0.1, -0.05) is 15.9 Å². The van der Waals surface area contributed by atoms with Crippen molar-refractivity contribution in [2.24, 2.45) is 0 Å². The van der Waals surface area contributed by atoms with E-state index in [2.05, 4.69) is 21.2 Å². The second-order valence-corrected chi connectivity index (χ2v) is 9.62. The summed E-state index contributed by atoms with van der Waals surface area (Å²) in [7, 11) is 0. The first-order chi connectivity index (χ1) is 12.2. The smallest absolute Gasteiger partial charge is 0.410 e. The van der Waals surface area contributed by atoms with Gasteiger partial charge in [-0.25, -0.2) is 14.0 Å². The molecule has 1 fully saturated rings. The van der Waals surface area contributed by atoms with Gasteiger partial charge in [-0.3, -0.25) is 0 Å². The Labute approximate surface area is 167 Å². The number of nitrogens with one attached hydrogen (secondary N) is 1. The van der Waals surface area contributed by atoms with Crippen LogP contribution in [-0.2, 0) is 15.0 Å². The van der Waals surface area contributed by atoms with E-state index >= 15 is 0 Å². The molecule has 0 aliphatic carbocycles. The third kappa shape index (κ3) is 5.82. The quantitative estimate of drug-likeness (QED) is 0.725. The first-order valence-electron chi connectivity index (χ1n) is 8.65. The van der Waals surface area contributed by atoms with Gasteiger partial charge in [0.1, 0.15) is 22.6 Å². The van der Waals surface area contributed by atoms with E-state index in [0.29, 0.717) is 10.0 Å². The molecular formula is C19H26BrFN2O4. The molecule has 150 valence electrons. The number of benzene rings is 1. The summed E-state index contributed by atoms with van der Waals surface area (Å²) in [6.45, 7) is 10.9. The van der Waals surface area contributed by atoms with Crippen LogP contribution in [0.2, 0.25) is 0 Å². The number of alkyl carbamates (subject to hydrolysis) is 1. The maximum atomic E-state index is 13.9. The van der Waals surface area contributed by atoms with Gasteiger partial charge in [0.15, 0.2) is 0 Å².